The number of rotatable bonds is 5. The molecule has 1 aromatic heterocycles. The van der Waals surface area contributed by atoms with Crippen molar-refractivity contribution >= 4 is 27.9 Å². The number of nitrogens with zero attached hydrogens (tertiary/aromatic N) is 1. The van der Waals surface area contributed by atoms with Crippen molar-refractivity contribution in [1.29, 1.82) is 0 Å². The predicted molar refractivity (Wildman–Crippen MR) is 80.3 cm³/mol. The molecule has 0 unspecified atom stereocenters. The normalized spacial score (nSPS) is 17.0. The summed E-state index contributed by atoms with van der Waals surface area (Å²) in [4.78, 5) is 14.5. The Balaban J connectivity index is 2.11. The zero-order valence-electron chi connectivity index (χ0n) is 11.5. The van der Waals surface area contributed by atoms with Crippen LogP contribution in [0.5, 0.6) is 0 Å². The summed E-state index contributed by atoms with van der Waals surface area (Å²) < 4.78 is 27.0. The number of nitrogens with one attached hydrogen (secondary N) is 1. The van der Waals surface area contributed by atoms with Crippen molar-refractivity contribution in [3.05, 3.63) is 30.0 Å². The molecule has 0 atom stereocenters. The molecule has 1 aromatic rings. The SMILES string of the molecule is O=C(O)/C=C/c1ccnc(NS(=O)(=O)C2CCCCC2)c1. The first-order chi connectivity index (χ1) is 9.97. The molecule has 1 heterocycles. The van der Waals surface area contributed by atoms with Crippen LogP contribution < -0.4 is 4.72 Å². The van der Waals surface area contributed by atoms with Crippen LogP contribution in [-0.4, -0.2) is 29.7 Å². The van der Waals surface area contributed by atoms with Crippen LogP contribution in [0.1, 0.15) is 37.7 Å². The molecule has 0 radical (unpaired) electrons. The first kappa shape index (κ1) is 15.5. The van der Waals surface area contributed by atoms with Crippen LogP contribution in [-0.2, 0) is 14.8 Å². The number of anilines is 1. The predicted octanol–water partition coefficient (Wildman–Crippen LogP) is 2.25. The van der Waals surface area contributed by atoms with Gasteiger partial charge < -0.3 is 5.11 Å². The van der Waals surface area contributed by atoms with Gasteiger partial charge >= 0.3 is 5.97 Å². The lowest BCUT2D eigenvalue weighted by Crippen LogP contribution is -2.30. The van der Waals surface area contributed by atoms with Crippen LogP contribution in [0.4, 0.5) is 5.82 Å². The number of pyridine rings is 1. The lowest BCUT2D eigenvalue weighted by atomic mass is 10.0. The van der Waals surface area contributed by atoms with Gasteiger partial charge in [-0.2, -0.15) is 0 Å². The van der Waals surface area contributed by atoms with E-state index < -0.39 is 16.0 Å². The minimum Gasteiger partial charge on any atom is -0.478 e. The van der Waals surface area contributed by atoms with E-state index in [1.807, 2.05) is 0 Å². The van der Waals surface area contributed by atoms with Gasteiger partial charge in [0.1, 0.15) is 5.82 Å². The van der Waals surface area contributed by atoms with Crippen molar-refractivity contribution in [2.24, 2.45) is 0 Å². The summed E-state index contributed by atoms with van der Waals surface area (Å²) in [6.45, 7) is 0. The molecule has 7 heteroatoms. The Morgan fingerprint density at radius 2 is 2.05 bits per heavy atom. The third kappa shape index (κ3) is 4.56. The van der Waals surface area contributed by atoms with E-state index in [0.29, 0.717) is 18.4 Å². The van der Waals surface area contributed by atoms with Gasteiger partial charge in [0, 0.05) is 12.3 Å². The average molecular weight is 310 g/mol. The van der Waals surface area contributed by atoms with E-state index in [4.69, 9.17) is 5.11 Å². The lowest BCUT2D eigenvalue weighted by molar-refractivity contribution is -0.131. The fourth-order valence-electron chi connectivity index (χ4n) is 2.38. The molecule has 1 fully saturated rings. The molecule has 0 amide bonds. The fraction of sp³-hybridized carbons (Fsp3) is 0.429. The summed E-state index contributed by atoms with van der Waals surface area (Å²) in [5, 5.41) is 8.22. The first-order valence-electron chi connectivity index (χ1n) is 6.86. The fourth-order valence-corrected chi connectivity index (χ4v) is 3.90. The Morgan fingerprint density at radius 3 is 2.71 bits per heavy atom. The molecule has 21 heavy (non-hydrogen) atoms. The Morgan fingerprint density at radius 1 is 1.33 bits per heavy atom. The number of sulfonamides is 1. The molecule has 0 saturated heterocycles. The van der Waals surface area contributed by atoms with Crippen molar-refractivity contribution in [2.75, 3.05) is 4.72 Å². The van der Waals surface area contributed by atoms with Crippen LogP contribution >= 0.6 is 0 Å². The highest BCUT2D eigenvalue weighted by molar-refractivity contribution is 7.93. The topological polar surface area (TPSA) is 96.4 Å². The maximum Gasteiger partial charge on any atom is 0.328 e. The molecular weight excluding hydrogens is 292 g/mol. The molecule has 0 aromatic carbocycles. The molecule has 1 aliphatic rings. The average Bonchev–Trinajstić information content (AvgIpc) is 2.46. The van der Waals surface area contributed by atoms with Gasteiger partial charge in [-0.1, -0.05) is 19.3 Å². The summed E-state index contributed by atoms with van der Waals surface area (Å²) in [6, 6.07) is 3.12. The van der Waals surface area contributed by atoms with Gasteiger partial charge in [0.25, 0.3) is 0 Å². The van der Waals surface area contributed by atoms with Crippen LogP contribution in [0.25, 0.3) is 6.08 Å². The van der Waals surface area contributed by atoms with Crippen molar-refractivity contribution in [3.8, 4) is 0 Å². The lowest BCUT2D eigenvalue weighted by Gasteiger charge is -2.22. The van der Waals surface area contributed by atoms with Crippen LogP contribution in [0, 0.1) is 0 Å². The van der Waals surface area contributed by atoms with E-state index in [0.717, 1.165) is 25.3 Å². The largest absolute Gasteiger partial charge is 0.478 e. The Bertz CT molecular complexity index is 634. The summed E-state index contributed by atoms with van der Waals surface area (Å²) in [5.74, 6) is -0.843. The van der Waals surface area contributed by atoms with E-state index in [9.17, 15) is 13.2 Å². The molecule has 2 N–H and O–H groups in total. The highest BCUT2D eigenvalue weighted by Crippen LogP contribution is 2.25. The number of hydrogen-bond donors (Lipinski definition) is 2. The first-order valence-corrected chi connectivity index (χ1v) is 8.41. The van der Waals surface area contributed by atoms with Crippen molar-refractivity contribution < 1.29 is 18.3 Å². The van der Waals surface area contributed by atoms with E-state index >= 15 is 0 Å². The summed E-state index contributed by atoms with van der Waals surface area (Å²) in [6.07, 6.45) is 8.12. The third-order valence-corrected chi connectivity index (χ3v) is 5.28. The summed E-state index contributed by atoms with van der Waals surface area (Å²) >= 11 is 0. The van der Waals surface area contributed by atoms with Gasteiger partial charge in [-0.15, -0.1) is 0 Å². The minimum atomic E-state index is -3.44. The number of aromatic nitrogens is 1. The van der Waals surface area contributed by atoms with Crippen LogP contribution in [0.2, 0.25) is 0 Å². The molecular formula is C14H18N2O4S. The standard InChI is InChI=1S/C14H18N2O4S/c17-14(18)7-6-11-8-9-15-13(10-11)16-21(19,20)12-4-2-1-3-5-12/h6-10,12H,1-5H2,(H,15,16)(H,17,18)/b7-6+. The van der Waals surface area contributed by atoms with Gasteiger partial charge in [-0.05, 0) is 36.6 Å². The Kier molecular flexibility index (Phi) is 4.95. The quantitative estimate of drug-likeness (QED) is 0.813. The molecule has 0 aliphatic heterocycles. The second kappa shape index (κ2) is 6.71. The molecule has 2 rings (SSSR count). The number of carboxylic acids is 1. The van der Waals surface area contributed by atoms with E-state index in [-0.39, 0.29) is 11.1 Å². The van der Waals surface area contributed by atoms with Gasteiger partial charge in [-0.3, -0.25) is 4.72 Å². The Labute approximate surface area is 124 Å². The maximum atomic E-state index is 12.3. The van der Waals surface area contributed by atoms with Gasteiger partial charge in [0.05, 0.1) is 5.25 Å². The highest BCUT2D eigenvalue weighted by Gasteiger charge is 2.27. The summed E-state index contributed by atoms with van der Waals surface area (Å²) in [7, 11) is -3.44. The maximum absolute atomic E-state index is 12.3. The van der Waals surface area contributed by atoms with Gasteiger partial charge in [-0.25, -0.2) is 18.2 Å². The molecule has 0 spiro atoms. The zero-order valence-corrected chi connectivity index (χ0v) is 12.3. The molecule has 0 bridgehead atoms. The van der Waals surface area contributed by atoms with Gasteiger partial charge in [0.15, 0.2) is 0 Å². The second-order valence-electron chi connectivity index (χ2n) is 5.05. The van der Waals surface area contributed by atoms with Crippen LogP contribution in [0.15, 0.2) is 24.4 Å². The Hall–Kier alpha value is -1.89. The molecule has 6 nitrogen and oxygen atoms in total. The molecule has 114 valence electrons. The summed E-state index contributed by atoms with van der Waals surface area (Å²) in [5.41, 5.74) is 0.578. The van der Waals surface area contributed by atoms with Crippen molar-refractivity contribution in [2.45, 2.75) is 37.4 Å². The zero-order chi connectivity index (χ0) is 15.3. The van der Waals surface area contributed by atoms with Gasteiger partial charge in [0.2, 0.25) is 10.0 Å². The number of carboxylic acid groups (broad SMARTS) is 1. The van der Waals surface area contributed by atoms with E-state index in [1.165, 1.54) is 18.3 Å². The number of aliphatic carboxylic acids is 1. The minimum absolute atomic E-state index is 0.216. The molecule has 1 aliphatic carbocycles. The van der Waals surface area contributed by atoms with E-state index in [2.05, 4.69) is 9.71 Å². The molecule has 1 saturated carbocycles. The second-order valence-corrected chi connectivity index (χ2v) is 7.01. The van der Waals surface area contributed by atoms with Crippen molar-refractivity contribution in [1.82, 2.24) is 4.98 Å². The van der Waals surface area contributed by atoms with E-state index in [1.54, 1.807) is 6.07 Å². The number of carbonyl (C=O) groups is 1. The monoisotopic (exact) mass is 310 g/mol. The number of hydrogen-bond acceptors (Lipinski definition) is 4. The smallest absolute Gasteiger partial charge is 0.328 e. The highest BCUT2D eigenvalue weighted by atomic mass is 32.2. The third-order valence-electron chi connectivity index (χ3n) is 3.44. The van der Waals surface area contributed by atoms with Crippen molar-refractivity contribution in [3.63, 3.8) is 0 Å². The van der Waals surface area contributed by atoms with Crippen LogP contribution in [0.3, 0.4) is 0 Å².